The topological polar surface area (TPSA) is 56.9 Å². The van der Waals surface area contributed by atoms with Gasteiger partial charge in [0.1, 0.15) is 11.9 Å². The van der Waals surface area contributed by atoms with Crippen LogP contribution in [0.1, 0.15) is 43.4 Å². The predicted molar refractivity (Wildman–Crippen MR) is 84.3 cm³/mol. The Morgan fingerprint density at radius 1 is 1.41 bits per heavy atom. The molecule has 0 aromatic carbocycles. The van der Waals surface area contributed by atoms with Gasteiger partial charge in [0.25, 0.3) is 0 Å². The molecular formula is C16H25N5O. The van der Waals surface area contributed by atoms with E-state index in [0.29, 0.717) is 5.92 Å². The van der Waals surface area contributed by atoms with E-state index in [9.17, 15) is 0 Å². The van der Waals surface area contributed by atoms with Crippen molar-refractivity contribution in [3.8, 4) is 0 Å². The number of rotatable bonds is 5. The molecule has 0 saturated carbocycles. The van der Waals surface area contributed by atoms with Crippen LogP contribution >= 0.6 is 0 Å². The predicted octanol–water partition coefficient (Wildman–Crippen LogP) is 1.97. The van der Waals surface area contributed by atoms with Gasteiger partial charge >= 0.3 is 0 Å². The summed E-state index contributed by atoms with van der Waals surface area (Å²) in [5, 5.41) is 8.06. The smallest absolute Gasteiger partial charge is 0.137 e. The summed E-state index contributed by atoms with van der Waals surface area (Å²) in [5.74, 6) is 1.47. The van der Waals surface area contributed by atoms with Gasteiger partial charge < -0.3 is 14.6 Å². The van der Waals surface area contributed by atoms with Crippen molar-refractivity contribution in [1.82, 2.24) is 24.6 Å². The minimum atomic E-state index is 0.0807. The number of nitrogens with one attached hydrogen (secondary N) is 1. The molecule has 1 aliphatic rings. The van der Waals surface area contributed by atoms with E-state index >= 15 is 0 Å². The Kier molecular flexibility index (Phi) is 4.59. The molecule has 1 aliphatic heterocycles. The molecule has 1 N–H and O–H groups in total. The van der Waals surface area contributed by atoms with Crippen LogP contribution in [-0.4, -0.2) is 32.5 Å². The van der Waals surface area contributed by atoms with Gasteiger partial charge in [-0.15, -0.1) is 0 Å². The van der Waals surface area contributed by atoms with Crippen molar-refractivity contribution in [3.63, 3.8) is 0 Å². The lowest BCUT2D eigenvalue weighted by Crippen LogP contribution is -2.34. The van der Waals surface area contributed by atoms with Gasteiger partial charge in [-0.1, -0.05) is 0 Å². The van der Waals surface area contributed by atoms with E-state index in [2.05, 4.69) is 33.0 Å². The summed E-state index contributed by atoms with van der Waals surface area (Å²) in [7, 11) is 3.98. The van der Waals surface area contributed by atoms with E-state index in [0.717, 1.165) is 31.1 Å². The minimum Gasteiger partial charge on any atom is -0.370 e. The fourth-order valence-corrected chi connectivity index (χ4v) is 3.09. The summed E-state index contributed by atoms with van der Waals surface area (Å²) in [4.78, 5) is 4.47. The normalized spacial score (nSPS) is 23.6. The van der Waals surface area contributed by atoms with Crippen LogP contribution in [0, 0.1) is 5.92 Å². The number of ether oxygens (including phenoxy) is 1. The highest BCUT2D eigenvalue weighted by Gasteiger charge is 2.30. The molecule has 2 aromatic rings. The largest absolute Gasteiger partial charge is 0.370 e. The van der Waals surface area contributed by atoms with Gasteiger partial charge in [0.05, 0.1) is 5.69 Å². The van der Waals surface area contributed by atoms with E-state index in [1.807, 2.05) is 37.4 Å². The molecule has 0 radical (unpaired) electrons. The summed E-state index contributed by atoms with van der Waals surface area (Å²) in [5.41, 5.74) is 1.08. The average molecular weight is 303 g/mol. The van der Waals surface area contributed by atoms with Crippen molar-refractivity contribution in [2.45, 2.75) is 31.9 Å². The Balaban J connectivity index is 1.63. The SMILES string of the molecule is CC(NC[C@@H]1CCCO[C@H]1c1nccn1C)c1ccn(C)n1. The Labute approximate surface area is 131 Å². The first-order valence-corrected chi connectivity index (χ1v) is 7.97. The third kappa shape index (κ3) is 3.23. The van der Waals surface area contributed by atoms with Gasteiger partial charge in [-0.25, -0.2) is 4.98 Å². The molecule has 1 unspecified atom stereocenters. The zero-order valence-electron chi connectivity index (χ0n) is 13.6. The van der Waals surface area contributed by atoms with Crippen LogP contribution in [0.25, 0.3) is 0 Å². The summed E-state index contributed by atoms with van der Waals surface area (Å²) in [6.07, 6.45) is 8.17. The molecule has 1 fully saturated rings. The van der Waals surface area contributed by atoms with Crippen LogP contribution < -0.4 is 5.32 Å². The molecule has 2 aromatic heterocycles. The molecule has 0 bridgehead atoms. The fourth-order valence-electron chi connectivity index (χ4n) is 3.09. The number of imidazole rings is 1. The third-order valence-electron chi connectivity index (χ3n) is 4.42. The lowest BCUT2D eigenvalue weighted by Gasteiger charge is -2.32. The molecule has 6 heteroatoms. The monoisotopic (exact) mass is 303 g/mol. The van der Waals surface area contributed by atoms with Crippen LogP contribution in [0.5, 0.6) is 0 Å². The molecule has 3 rings (SSSR count). The molecule has 0 aliphatic carbocycles. The lowest BCUT2D eigenvalue weighted by molar-refractivity contribution is -0.0349. The summed E-state index contributed by atoms with van der Waals surface area (Å²) >= 11 is 0. The third-order valence-corrected chi connectivity index (χ3v) is 4.42. The summed E-state index contributed by atoms with van der Waals surface area (Å²) < 4.78 is 9.92. The Bertz CT molecular complexity index is 605. The van der Waals surface area contributed by atoms with Crippen molar-refractivity contribution >= 4 is 0 Å². The number of nitrogens with zero attached hydrogens (tertiary/aromatic N) is 4. The van der Waals surface area contributed by atoms with Crippen LogP contribution in [-0.2, 0) is 18.8 Å². The first-order valence-electron chi connectivity index (χ1n) is 7.97. The van der Waals surface area contributed by atoms with Crippen molar-refractivity contribution in [1.29, 1.82) is 0 Å². The average Bonchev–Trinajstić information content (AvgIpc) is 3.14. The highest BCUT2D eigenvalue weighted by molar-refractivity contribution is 5.05. The quantitative estimate of drug-likeness (QED) is 0.917. The highest BCUT2D eigenvalue weighted by Crippen LogP contribution is 2.32. The molecular weight excluding hydrogens is 278 g/mol. The number of aromatic nitrogens is 4. The number of aryl methyl sites for hydroxylation is 2. The maximum Gasteiger partial charge on any atom is 0.137 e. The first kappa shape index (κ1) is 15.2. The van der Waals surface area contributed by atoms with Gasteiger partial charge in [-0.3, -0.25) is 4.68 Å². The van der Waals surface area contributed by atoms with E-state index in [1.165, 1.54) is 6.42 Å². The van der Waals surface area contributed by atoms with Gasteiger partial charge in [0.2, 0.25) is 0 Å². The number of hydrogen-bond donors (Lipinski definition) is 1. The zero-order valence-corrected chi connectivity index (χ0v) is 13.6. The molecule has 6 nitrogen and oxygen atoms in total. The van der Waals surface area contributed by atoms with Crippen molar-refractivity contribution < 1.29 is 4.74 Å². The maximum atomic E-state index is 6.01. The lowest BCUT2D eigenvalue weighted by atomic mass is 9.93. The van der Waals surface area contributed by atoms with Gasteiger partial charge in [0, 0.05) is 57.8 Å². The molecule has 0 spiro atoms. The maximum absolute atomic E-state index is 6.01. The van der Waals surface area contributed by atoms with Crippen molar-refractivity contribution in [2.24, 2.45) is 20.0 Å². The Morgan fingerprint density at radius 3 is 2.95 bits per heavy atom. The fraction of sp³-hybridized carbons (Fsp3) is 0.625. The van der Waals surface area contributed by atoms with Crippen molar-refractivity contribution in [3.05, 3.63) is 36.2 Å². The van der Waals surface area contributed by atoms with E-state index in [-0.39, 0.29) is 12.1 Å². The van der Waals surface area contributed by atoms with Crippen molar-refractivity contribution in [2.75, 3.05) is 13.2 Å². The Morgan fingerprint density at radius 2 is 2.27 bits per heavy atom. The second-order valence-electron chi connectivity index (χ2n) is 6.13. The first-order chi connectivity index (χ1) is 10.6. The minimum absolute atomic E-state index is 0.0807. The number of hydrogen-bond acceptors (Lipinski definition) is 4. The van der Waals surface area contributed by atoms with E-state index in [4.69, 9.17) is 4.74 Å². The van der Waals surface area contributed by atoms with E-state index in [1.54, 1.807) is 0 Å². The molecule has 1 saturated heterocycles. The van der Waals surface area contributed by atoms with Crippen LogP contribution in [0.2, 0.25) is 0 Å². The zero-order chi connectivity index (χ0) is 15.5. The van der Waals surface area contributed by atoms with Crippen LogP contribution in [0.15, 0.2) is 24.7 Å². The summed E-state index contributed by atoms with van der Waals surface area (Å²) in [6, 6.07) is 2.30. The second-order valence-corrected chi connectivity index (χ2v) is 6.13. The van der Waals surface area contributed by atoms with Crippen LogP contribution in [0.4, 0.5) is 0 Å². The van der Waals surface area contributed by atoms with Crippen LogP contribution in [0.3, 0.4) is 0 Å². The second kappa shape index (κ2) is 6.62. The summed E-state index contributed by atoms with van der Waals surface area (Å²) in [6.45, 7) is 3.89. The molecule has 3 atom stereocenters. The van der Waals surface area contributed by atoms with Gasteiger partial charge in [-0.2, -0.15) is 5.10 Å². The molecule has 22 heavy (non-hydrogen) atoms. The Hall–Kier alpha value is -1.66. The highest BCUT2D eigenvalue weighted by atomic mass is 16.5. The van der Waals surface area contributed by atoms with Gasteiger partial charge in [0.15, 0.2) is 0 Å². The molecule has 120 valence electrons. The van der Waals surface area contributed by atoms with E-state index < -0.39 is 0 Å². The standard InChI is InChI=1S/C16H25N5O/c1-12(14-6-8-21(3)19-14)18-11-13-5-4-10-22-15(13)16-17-7-9-20(16)2/h6-9,12-13,15,18H,4-5,10-11H2,1-3H3/t12?,13-,15+/m0/s1. The molecule has 0 amide bonds. The molecule has 3 heterocycles. The van der Waals surface area contributed by atoms with Gasteiger partial charge in [-0.05, 0) is 25.8 Å².